The first-order chi connectivity index (χ1) is 34.3. The first-order valence-electron chi connectivity index (χ1n) is 25.6. The number of aromatic nitrogens is 1. The van der Waals surface area contributed by atoms with Crippen molar-refractivity contribution in [2.75, 3.05) is 4.90 Å². The summed E-state index contributed by atoms with van der Waals surface area (Å²) < 4.78 is 4.93. The van der Waals surface area contributed by atoms with Crippen LogP contribution in [0.1, 0.15) is 106 Å². The molecule has 0 saturated heterocycles. The van der Waals surface area contributed by atoms with Gasteiger partial charge in [-0.15, -0.1) is 11.3 Å². The van der Waals surface area contributed by atoms with Crippen molar-refractivity contribution in [2.24, 2.45) is 7.05 Å². The molecule has 2 nitrogen and oxygen atoms in total. The van der Waals surface area contributed by atoms with Crippen molar-refractivity contribution in [3.8, 4) is 11.1 Å². The number of para-hydroxylation sites is 1. The minimum atomic E-state index is 0.116. The van der Waals surface area contributed by atoms with E-state index in [-0.39, 0.29) is 11.3 Å². The summed E-state index contributed by atoms with van der Waals surface area (Å²) in [6.07, 6.45) is 4.33. The average Bonchev–Trinajstić information content (AvgIpc) is 3.89. The van der Waals surface area contributed by atoms with Crippen LogP contribution < -0.4 is 4.90 Å². The summed E-state index contributed by atoms with van der Waals surface area (Å²) in [6.45, 7) is 18.5. The van der Waals surface area contributed by atoms with Crippen molar-refractivity contribution in [2.45, 2.75) is 85.5 Å². The van der Waals surface area contributed by atoms with Crippen molar-refractivity contribution >= 4 is 92.8 Å². The van der Waals surface area contributed by atoms with E-state index in [1.165, 1.54) is 114 Å². The van der Waals surface area contributed by atoms with Crippen molar-refractivity contribution in [3.05, 3.63) is 221 Å². The smallest absolute Gasteiger partial charge is 0.0543 e. The Hall–Kier alpha value is -7.20. The lowest BCUT2D eigenvalue weighted by molar-refractivity contribution is 0.590. The molecule has 0 aliphatic carbocycles. The molecule has 2 heterocycles. The summed E-state index contributed by atoms with van der Waals surface area (Å²) in [5.74, 6) is 0.550. The van der Waals surface area contributed by atoms with Crippen LogP contribution in [0.4, 0.5) is 17.1 Å². The van der Waals surface area contributed by atoms with E-state index in [1.807, 2.05) is 11.3 Å². The van der Waals surface area contributed by atoms with Gasteiger partial charge in [-0.2, -0.15) is 0 Å². The maximum absolute atomic E-state index is 2.53. The van der Waals surface area contributed by atoms with Crippen LogP contribution in [0, 0.1) is 0 Å². The number of aryl methyl sites for hydroxylation is 2. The standard InChI is InChI=1S/C68H64N2S/c1-10-45-23-28-48(29-24-45)49(37-46-25-30-50(31-26-46)68(6,7)8)38-47-27-34-58(59(39-47)43(2)3)67-57-20-12-11-17-53(57)64(42-60(67)44(4)5)70(52-32-35-56-55-19-14-16-22-65(55)71-66(56)41-52)51-33-36-63-61(40-51)54-18-13-15-21-62(54)69(63)9/h11-36,38-44H,10,37H2,1-9H3/b49-38-. The highest BCUT2D eigenvalue weighted by atomic mass is 32.1. The van der Waals surface area contributed by atoms with E-state index >= 15 is 0 Å². The van der Waals surface area contributed by atoms with Crippen LogP contribution in [-0.4, -0.2) is 4.57 Å². The van der Waals surface area contributed by atoms with E-state index in [9.17, 15) is 0 Å². The molecular formula is C68H64N2S. The normalized spacial score (nSPS) is 12.5. The van der Waals surface area contributed by atoms with E-state index in [4.69, 9.17) is 0 Å². The fourth-order valence-corrected chi connectivity index (χ4v) is 12.1. The summed E-state index contributed by atoms with van der Waals surface area (Å²) in [5, 5.41) is 7.65. The molecule has 2 aromatic heterocycles. The molecule has 0 aliphatic rings. The zero-order valence-corrected chi connectivity index (χ0v) is 43.6. The lowest BCUT2D eigenvalue weighted by Crippen LogP contribution is -2.12. The molecule has 0 bridgehead atoms. The molecule has 3 heteroatoms. The molecule has 352 valence electrons. The van der Waals surface area contributed by atoms with Gasteiger partial charge in [0.15, 0.2) is 0 Å². The van der Waals surface area contributed by atoms with Crippen LogP contribution >= 0.6 is 11.3 Å². The Kier molecular flexibility index (Phi) is 12.1. The second-order valence-corrected chi connectivity index (χ2v) is 22.4. The third kappa shape index (κ3) is 8.55. The Balaban J connectivity index is 1.09. The van der Waals surface area contributed by atoms with E-state index in [0.717, 1.165) is 24.2 Å². The first kappa shape index (κ1) is 46.2. The van der Waals surface area contributed by atoms with Gasteiger partial charge in [-0.25, -0.2) is 0 Å². The number of hydrogen-bond donors (Lipinski definition) is 0. The van der Waals surface area contributed by atoms with Crippen LogP contribution in [0.15, 0.2) is 182 Å². The van der Waals surface area contributed by atoms with Crippen molar-refractivity contribution in [1.82, 2.24) is 4.57 Å². The molecule has 0 atom stereocenters. The average molecular weight is 941 g/mol. The Morgan fingerprint density at radius 1 is 0.549 bits per heavy atom. The van der Waals surface area contributed by atoms with E-state index < -0.39 is 0 Å². The highest BCUT2D eigenvalue weighted by molar-refractivity contribution is 7.25. The van der Waals surface area contributed by atoms with Gasteiger partial charge in [0.05, 0.1) is 5.69 Å². The highest BCUT2D eigenvalue weighted by Crippen LogP contribution is 2.49. The summed E-state index contributed by atoms with van der Waals surface area (Å²) in [7, 11) is 2.18. The molecule has 0 fully saturated rings. The quantitative estimate of drug-likeness (QED) is 0.117. The molecule has 11 aromatic rings. The van der Waals surface area contributed by atoms with Gasteiger partial charge in [0.1, 0.15) is 0 Å². The van der Waals surface area contributed by atoms with E-state index in [1.54, 1.807) is 0 Å². The lowest BCUT2D eigenvalue weighted by atomic mass is 9.82. The Morgan fingerprint density at radius 3 is 1.89 bits per heavy atom. The van der Waals surface area contributed by atoms with Crippen LogP contribution in [0.2, 0.25) is 0 Å². The van der Waals surface area contributed by atoms with Crippen molar-refractivity contribution in [3.63, 3.8) is 0 Å². The van der Waals surface area contributed by atoms with Gasteiger partial charge >= 0.3 is 0 Å². The molecule has 0 N–H and O–H groups in total. The molecule has 0 amide bonds. The molecule has 0 unspecified atom stereocenters. The second kappa shape index (κ2) is 18.5. The fourth-order valence-electron chi connectivity index (χ4n) is 11.0. The predicted molar refractivity (Wildman–Crippen MR) is 312 cm³/mol. The van der Waals surface area contributed by atoms with Crippen LogP contribution in [0.25, 0.3) is 75.5 Å². The number of thiophene rings is 1. The van der Waals surface area contributed by atoms with Crippen LogP contribution in [0.5, 0.6) is 0 Å². The van der Waals surface area contributed by atoms with Gasteiger partial charge in [-0.3, -0.25) is 0 Å². The first-order valence-corrected chi connectivity index (χ1v) is 26.4. The Labute approximate surface area is 424 Å². The number of hydrogen-bond acceptors (Lipinski definition) is 2. The molecule has 71 heavy (non-hydrogen) atoms. The number of fused-ring (bicyclic) bond motifs is 7. The third-order valence-corrected chi connectivity index (χ3v) is 16.1. The topological polar surface area (TPSA) is 8.17 Å². The maximum atomic E-state index is 2.53. The minimum Gasteiger partial charge on any atom is -0.344 e. The third-order valence-electron chi connectivity index (χ3n) is 14.9. The summed E-state index contributed by atoms with van der Waals surface area (Å²) in [5.41, 5.74) is 19.3. The van der Waals surface area contributed by atoms with Gasteiger partial charge in [-0.1, -0.05) is 195 Å². The SMILES string of the molecule is CCc1ccc(/C(=C\c2ccc(-c3c(C(C)C)cc(N(c4ccc5c(c4)sc4ccccc45)c4ccc5c(c4)c4ccccc4n5C)c4ccccc34)c(C(C)C)c2)Cc2ccc(C(C)(C)C)cc2)cc1. The monoisotopic (exact) mass is 940 g/mol. The molecule has 0 saturated carbocycles. The lowest BCUT2D eigenvalue weighted by Gasteiger charge is -2.30. The predicted octanol–water partition coefficient (Wildman–Crippen LogP) is 19.9. The molecule has 0 radical (unpaired) electrons. The molecule has 11 rings (SSSR count). The highest BCUT2D eigenvalue weighted by Gasteiger charge is 2.25. The maximum Gasteiger partial charge on any atom is 0.0543 e. The van der Waals surface area contributed by atoms with Gasteiger partial charge in [0.2, 0.25) is 0 Å². The van der Waals surface area contributed by atoms with Gasteiger partial charge < -0.3 is 9.47 Å². The summed E-state index contributed by atoms with van der Waals surface area (Å²) >= 11 is 1.88. The molecule has 9 aromatic carbocycles. The number of anilines is 3. The van der Waals surface area contributed by atoms with Crippen LogP contribution in [0.3, 0.4) is 0 Å². The summed E-state index contributed by atoms with van der Waals surface area (Å²) in [4.78, 5) is 2.53. The molecule has 0 aliphatic heterocycles. The number of allylic oxidation sites excluding steroid dienone is 1. The summed E-state index contributed by atoms with van der Waals surface area (Å²) in [6, 6.07) is 69.2. The largest absolute Gasteiger partial charge is 0.344 e. The van der Waals surface area contributed by atoms with Crippen molar-refractivity contribution in [1.29, 1.82) is 0 Å². The molecular weight excluding hydrogens is 877 g/mol. The van der Waals surface area contributed by atoms with Crippen LogP contribution in [-0.2, 0) is 25.3 Å². The number of benzene rings is 9. The van der Waals surface area contributed by atoms with Gasteiger partial charge in [0.25, 0.3) is 0 Å². The number of nitrogens with zero attached hydrogens (tertiary/aromatic N) is 2. The minimum absolute atomic E-state index is 0.116. The Morgan fingerprint density at radius 2 is 1.17 bits per heavy atom. The molecule has 0 spiro atoms. The van der Waals surface area contributed by atoms with E-state index in [2.05, 4.69) is 260 Å². The number of rotatable bonds is 11. The van der Waals surface area contributed by atoms with Gasteiger partial charge in [-0.05, 0) is 140 Å². The van der Waals surface area contributed by atoms with Crippen molar-refractivity contribution < 1.29 is 0 Å². The van der Waals surface area contributed by atoms with E-state index in [0.29, 0.717) is 5.92 Å². The van der Waals surface area contributed by atoms with Gasteiger partial charge in [0, 0.05) is 65.8 Å². The second-order valence-electron chi connectivity index (χ2n) is 21.3. The Bertz CT molecular complexity index is 3810. The zero-order valence-electron chi connectivity index (χ0n) is 42.8. The fraction of sp³-hybridized carbons (Fsp3) is 0.206. The zero-order chi connectivity index (χ0) is 49.1.